The molecule has 3 saturated heterocycles. The number of ether oxygens (including phenoxy) is 1. The van der Waals surface area contributed by atoms with E-state index >= 15 is 0 Å². The van der Waals surface area contributed by atoms with E-state index in [1.165, 1.54) is 12.1 Å². The van der Waals surface area contributed by atoms with E-state index in [0.29, 0.717) is 41.5 Å². The van der Waals surface area contributed by atoms with Gasteiger partial charge in [-0.1, -0.05) is 48.5 Å². The molecule has 4 aliphatic rings. The lowest BCUT2D eigenvalue weighted by molar-refractivity contribution is -0.136. The van der Waals surface area contributed by atoms with Crippen molar-refractivity contribution >= 4 is 64.2 Å². The zero-order valence-corrected chi connectivity index (χ0v) is 36.3. The van der Waals surface area contributed by atoms with Gasteiger partial charge in [0.05, 0.1) is 41.0 Å². The average molecular weight is 903 g/mol. The summed E-state index contributed by atoms with van der Waals surface area (Å²) < 4.78 is 21.8. The molecule has 4 aromatic rings. The highest BCUT2D eigenvalue weighted by Crippen LogP contribution is 2.34. The molecule has 6 heterocycles. The number of nitrogens with two attached hydrogens (primary N) is 1. The molecule has 0 saturated carbocycles. The van der Waals surface area contributed by atoms with E-state index in [1.807, 2.05) is 15.8 Å². The van der Waals surface area contributed by atoms with Crippen LogP contribution in [0.3, 0.4) is 0 Å². The molecule has 0 spiro atoms. The topological polar surface area (TPSA) is 185 Å². The molecule has 0 bridgehead atoms. The van der Waals surface area contributed by atoms with Crippen molar-refractivity contribution in [3.05, 3.63) is 87.5 Å². The van der Waals surface area contributed by atoms with Crippen LogP contribution in [0.4, 0.5) is 15.9 Å². The number of rotatable bonds is 17. The lowest BCUT2D eigenvalue weighted by atomic mass is 10.0. The first-order valence-corrected chi connectivity index (χ1v) is 22.4. The van der Waals surface area contributed by atoms with E-state index < -0.39 is 35.5 Å². The molecule has 0 aliphatic carbocycles. The molecular weight excluding hydrogens is 852 g/mol. The number of carbonyl (C=O) groups excluding carboxylic acids is 5. The van der Waals surface area contributed by atoms with Crippen molar-refractivity contribution in [1.29, 1.82) is 0 Å². The molecule has 18 heteroatoms. The number of nitrogen functional groups attached to an aromatic ring is 1. The Morgan fingerprint density at radius 2 is 1.73 bits per heavy atom. The van der Waals surface area contributed by atoms with Crippen LogP contribution in [0, 0.1) is 5.82 Å². The molecule has 332 valence electrons. The lowest BCUT2D eigenvalue weighted by Gasteiger charge is -2.40. The Morgan fingerprint density at radius 1 is 0.952 bits per heavy atom. The van der Waals surface area contributed by atoms with Gasteiger partial charge in [0.15, 0.2) is 11.6 Å². The van der Waals surface area contributed by atoms with Crippen LogP contribution >= 0.6 is 23.2 Å². The number of anilines is 2. The number of unbranched alkanes of at least 4 members (excludes halogenated alkanes) is 4. The van der Waals surface area contributed by atoms with E-state index in [-0.39, 0.29) is 65.8 Å². The first-order chi connectivity index (χ1) is 30.4. The molecule has 0 radical (unpaired) electrons. The molecule has 0 unspecified atom stereocenters. The average Bonchev–Trinajstić information content (AvgIpc) is 3.85. The SMILES string of the molecule is Nc1ncc(-c2cnn(C3CCN(C(=O)CCCCCCCN4CC(Nc5cccc6c5C(=O)N([C@@H]5CCC(=O)NC5=O)C6=O)C4)CC3)c2)cc1OCCc1c(Cl)ccc(F)c1Cl. The fourth-order valence-corrected chi connectivity index (χ4v) is 9.42. The zero-order chi connectivity index (χ0) is 44.2. The Morgan fingerprint density at radius 3 is 2.52 bits per heavy atom. The number of likely N-dealkylation sites (tertiary alicyclic amines) is 2. The Hall–Kier alpha value is -5.58. The first kappa shape index (κ1) is 44.0. The number of hydrogen-bond acceptors (Lipinski definition) is 11. The van der Waals surface area contributed by atoms with E-state index in [1.54, 1.807) is 36.7 Å². The van der Waals surface area contributed by atoms with Crippen LogP contribution in [0.1, 0.15) is 96.5 Å². The second-order valence-corrected chi connectivity index (χ2v) is 17.4. The number of hydrogen-bond donors (Lipinski definition) is 3. The number of amides is 5. The van der Waals surface area contributed by atoms with E-state index in [0.717, 1.165) is 80.6 Å². The van der Waals surface area contributed by atoms with Gasteiger partial charge in [-0.15, -0.1) is 0 Å². The summed E-state index contributed by atoms with van der Waals surface area (Å²) in [6.07, 6.45) is 13.2. The largest absolute Gasteiger partial charge is 0.489 e. The standard InChI is InChI=1S/C45H50Cl2FN9O6/c46-33-10-11-34(48)41(47)31(33)16-20-63-37-21-27(22-50-42(37)49)28-23-51-56(24-28)30-14-18-55(19-15-30)39(59)9-4-2-1-3-5-17-54-25-29(26-54)52-35-8-6-7-32-40(35)45(62)57(44(32)61)36-12-13-38(58)53-43(36)60/h6-8,10-11,21-24,29-30,36,52H,1-5,9,12-20,25-26H2,(H2,49,50)(H,53,58,60)/t36-/m1/s1. The van der Waals surface area contributed by atoms with Gasteiger partial charge in [0, 0.05) is 79.7 Å². The van der Waals surface area contributed by atoms with Crippen molar-refractivity contribution in [1.82, 2.24) is 34.8 Å². The molecule has 4 aliphatic heterocycles. The highest BCUT2D eigenvalue weighted by molar-refractivity contribution is 6.36. The van der Waals surface area contributed by atoms with E-state index in [4.69, 9.17) is 33.7 Å². The summed E-state index contributed by atoms with van der Waals surface area (Å²) in [4.78, 5) is 73.3. The Bertz CT molecular complexity index is 2400. The van der Waals surface area contributed by atoms with Gasteiger partial charge in [0.1, 0.15) is 11.9 Å². The minimum absolute atomic E-state index is 0.0245. The van der Waals surface area contributed by atoms with Crippen molar-refractivity contribution in [2.45, 2.75) is 88.8 Å². The molecule has 4 N–H and O–H groups in total. The molecule has 63 heavy (non-hydrogen) atoms. The van der Waals surface area contributed by atoms with Crippen molar-refractivity contribution < 1.29 is 33.1 Å². The van der Waals surface area contributed by atoms with Gasteiger partial charge in [-0.05, 0) is 74.5 Å². The number of pyridine rings is 1. The fraction of sp³-hybridized carbons (Fsp3) is 0.444. The molecule has 15 nitrogen and oxygen atoms in total. The summed E-state index contributed by atoms with van der Waals surface area (Å²) in [6, 6.07) is 8.93. The summed E-state index contributed by atoms with van der Waals surface area (Å²) in [5, 5.41) is 10.6. The third-order valence-electron chi connectivity index (χ3n) is 12.4. The van der Waals surface area contributed by atoms with Gasteiger partial charge in [-0.25, -0.2) is 9.37 Å². The third-order valence-corrected chi connectivity index (χ3v) is 13.2. The van der Waals surface area contributed by atoms with E-state index in [9.17, 15) is 28.4 Å². The minimum atomic E-state index is -0.993. The van der Waals surface area contributed by atoms with Crippen LogP contribution in [0.15, 0.2) is 55.0 Å². The number of nitrogens with one attached hydrogen (secondary N) is 2. The predicted molar refractivity (Wildman–Crippen MR) is 235 cm³/mol. The van der Waals surface area contributed by atoms with Gasteiger partial charge >= 0.3 is 0 Å². The van der Waals surface area contributed by atoms with Gasteiger partial charge in [-0.2, -0.15) is 5.10 Å². The summed E-state index contributed by atoms with van der Waals surface area (Å²) in [5.41, 5.74) is 9.35. The summed E-state index contributed by atoms with van der Waals surface area (Å²) in [5.74, 6) is -1.76. The highest BCUT2D eigenvalue weighted by atomic mass is 35.5. The maximum Gasteiger partial charge on any atom is 0.264 e. The normalized spacial score (nSPS) is 18.4. The maximum absolute atomic E-state index is 13.9. The number of carbonyl (C=O) groups is 5. The van der Waals surface area contributed by atoms with Crippen LogP contribution in [0.2, 0.25) is 10.0 Å². The molecule has 1 atom stereocenters. The quantitative estimate of drug-likeness (QED) is 0.0614. The third kappa shape index (κ3) is 9.82. The molecule has 2 aromatic carbocycles. The number of nitrogens with zero attached hydrogens (tertiary/aromatic N) is 6. The number of aromatic nitrogens is 3. The summed E-state index contributed by atoms with van der Waals surface area (Å²) >= 11 is 12.3. The number of piperidine rings is 2. The van der Waals surface area contributed by atoms with Gasteiger partial charge < -0.3 is 20.7 Å². The second kappa shape index (κ2) is 19.4. The maximum atomic E-state index is 13.9. The number of fused-ring (bicyclic) bond motifs is 1. The summed E-state index contributed by atoms with van der Waals surface area (Å²) in [6.45, 7) is 4.15. The van der Waals surface area contributed by atoms with Crippen LogP contribution in [-0.2, 0) is 20.8 Å². The Balaban J connectivity index is 0.696. The second-order valence-electron chi connectivity index (χ2n) is 16.6. The molecule has 5 amide bonds. The first-order valence-electron chi connectivity index (χ1n) is 21.6. The van der Waals surface area contributed by atoms with Gasteiger partial charge in [-0.3, -0.25) is 43.8 Å². The zero-order valence-electron chi connectivity index (χ0n) is 34.8. The van der Waals surface area contributed by atoms with Gasteiger partial charge in [0.25, 0.3) is 11.8 Å². The van der Waals surface area contributed by atoms with Crippen molar-refractivity contribution in [3.8, 4) is 16.9 Å². The smallest absolute Gasteiger partial charge is 0.264 e. The van der Waals surface area contributed by atoms with Crippen LogP contribution in [-0.4, -0.2) is 110 Å². The fourth-order valence-electron chi connectivity index (χ4n) is 8.86. The van der Waals surface area contributed by atoms with Crippen LogP contribution < -0.4 is 21.1 Å². The monoisotopic (exact) mass is 901 g/mol. The number of benzene rings is 2. The van der Waals surface area contributed by atoms with E-state index in [2.05, 4.69) is 25.6 Å². The molecule has 2 aromatic heterocycles. The van der Waals surface area contributed by atoms with Crippen molar-refractivity contribution in [3.63, 3.8) is 0 Å². The molecule has 3 fully saturated rings. The predicted octanol–water partition coefficient (Wildman–Crippen LogP) is 6.30. The summed E-state index contributed by atoms with van der Waals surface area (Å²) in [7, 11) is 0. The highest BCUT2D eigenvalue weighted by Gasteiger charge is 2.46. The van der Waals surface area contributed by atoms with Crippen LogP contribution in [0.25, 0.3) is 11.1 Å². The minimum Gasteiger partial charge on any atom is -0.489 e. The van der Waals surface area contributed by atoms with Gasteiger partial charge in [0.2, 0.25) is 17.7 Å². The Kier molecular flexibility index (Phi) is 13.6. The molecule has 8 rings (SSSR count). The van der Waals surface area contributed by atoms with Crippen molar-refractivity contribution in [2.24, 2.45) is 0 Å². The number of halogens is 3. The van der Waals surface area contributed by atoms with Crippen molar-refractivity contribution in [2.75, 3.05) is 50.4 Å². The lowest BCUT2D eigenvalue weighted by Crippen LogP contribution is -2.55. The molecular formula is C45H50Cl2FN9O6. The van der Waals surface area contributed by atoms with Crippen LogP contribution in [0.5, 0.6) is 5.75 Å². The number of imide groups is 2. The Labute approximate surface area is 374 Å².